The molecule has 6 nitrogen and oxygen atoms in total. The van der Waals surface area contributed by atoms with Crippen LogP contribution in [0.4, 0.5) is 5.69 Å². The maximum Gasteiger partial charge on any atom is 0.338 e. The molecule has 29 heavy (non-hydrogen) atoms. The van der Waals surface area contributed by atoms with E-state index in [1.807, 2.05) is 19.9 Å². The zero-order valence-corrected chi connectivity index (χ0v) is 18.3. The second-order valence-electron chi connectivity index (χ2n) is 6.63. The van der Waals surface area contributed by atoms with Gasteiger partial charge in [0.1, 0.15) is 6.04 Å². The molecule has 0 unspecified atom stereocenters. The number of carbonyl (C=O) groups excluding carboxylic acids is 3. The van der Waals surface area contributed by atoms with Gasteiger partial charge in [0, 0.05) is 15.7 Å². The van der Waals surface area contributed by atoms with Gasteiger partial charge in [-0.05, 0) is 55.3 Å². The number of carbonyl (C=O) groups is 3. The van der Waals surface area contributed by atoms with Crippen LogP contribution in [0.5, 0.6) is 0 Å². The Bertz CT molecular complexity index is 867. The summed E-state index contributed by atoms with van der Waals surface area (Å²) >= 11 is 3.35. The third kappa shape index (κ3) is 6.42. The Kier molecular flexibility index (Phi) is 8.39. The second kappa shape index (κ2) is 10.8. The van der Waals surface area contributed by atoms with Gasteiger partial charge in [-0.3, -0.25) is 9.59 Å². The average Bonchev–Trinajstić information content (AvgIpc) is 2.71. The van der Waals surface area contributed by atoms with Crippen molar-refractivity contribution in [3.63, 3.8) is 0 Å². The number of halogens is 1. The lowest BCUT2D eigenvalue weighted by molar-refractivity contribution is -0.119. The van der Waals surface area contributed by atoms with Crippen molar-refractivity contribution in [3.8, 4) is 0 Å². The maximum absolute atomic E-state index is 12.8. The normalized spacial score (nSPS) is 12.6. The Balaban J connectivity index is 2.10. The minimum atomic E-state index is -0.698. The third-order valence-corrected chi connectivity index (χ3v) is 5.03. The van der Waals surface area contributed by atoms with Gasteiger partial charge in [-0.15, -0.1) is 0 Å². The van der Waals surface area contributed by atoms with Crippen LogP contribution in [0.2, 0.25) is 0 Å². The molecule has 2 N–H and O–H groups in total. The Morgan fingerprint density at radius 3 is 2.31 bits per heavy atom. The highest BCUT2D eigenvalue weighted by molar-refractivity contribution is 9.10. The van der Waals surface area contributed by atoms with Crippen LogP contribution in [0.25, 0.3) is 0 Å². The molecule has 0 saturated carbocycles. The fraction of sp³-hybridized carbons (Fsp3) is 0.318. The molecule has 154 valence electrons. The summed E-state index contributed by atoms with van der Waals surface area (Å²) in [4.78, 5) is 37.2. The summed E-state index contributed by atoms with van der Waals surface area (Å²) in [6, 6.07) is 12.7. The first-order valence-electron chi connectivity index (χ1n) is 9.50. The van der Waals surface area contributed by atoms with E-state index in [1.165, 1.54) is 0 Å². The molecule has 7 heteroatoms. The Labute approximate surface area is 179 Å². The fourth-order valence-electron chi connectivity index (χ4n) is 2.68. The molecule has 0 aliphatic carbocycles. The van der Waals surface area contributed by atoms with Crippen molar-refractivity contribution in [3.05, 3.63) is 64.1 Å². The van der Waals surface area contributed by atoms with E-state index in [1.54, 1.807) is 49.4 Å². The lowest BCUT2D eigenvalue weighted by atomic mass is 9.97. The summed E-state index contributed by atoms with van der Waals surface area (Å²) in [6.07, 6.45) is 0.721. The van der Waals surface area contributed by atoms with Gasteiger partial charge in [-0.25, -0.2) is 4.79 Å². The molecule has 2 aromatic rings. The molecule has 0 aromatic heterocycles. The quantitative estimate of drug-likeness (QED) is 0.571. The summed E-state index contributed by atoms with van der Waals surface area (Å²) in [5, 5.41) is 5.64. The second-order valence-corrected chi connectivity index (χ2v) is 7.55. The predicted molar refractivity (Wildman–Crippen MR) is 116 cm³/mol. The summed E-state index contributed by atoms with van der Waals surface area (Å²) in [6.45, 7) is 5.91. The third-order valence-electron chi connectivity index (χ3n) is 4.53. The number of amides is 2. The van der Waals surface area contributed by atoms with E-state index in [2.05, 4.69) is 26.6 Å². The largest absolute Gasteiger partial charge is 0.462 e. The van der Waals surface area contributed by atoms with E-state index in [9.17, 15) is 14.4 Å². The van der Waals surface area contributed by atoms with Crippen LogP contribution < -0.4 is 10.6 Å². The Hall–Kier alpha value is -2.67. The predicted octanol–water partition coefficient (Wildman–Crippen LogP) is 4.41. The van der Waals surface area contributed by atoms with Crippen molar-refractivity contribution in [1.29, 1.82) is 0 Å². The van der Waals surface area contributed by atoms with Crippen LogP contribution in [-0.2, 0) is 9.53 Å². The molecule has 2 amide bonds. The molecular formula is C22H25BrN2O4. The molecule has 2 rings (SSSR count). The summed E-state index contributed by atoms with van der Waals surface area (Å²) < 4.78 is 5.74. The van der Waals surface area contributed by atoms with Gasteiger partial charge >= 0.3 is 5.97 Å². The van der Waals surface area contributed by atoms with Gasteiger partial charge in [0.05, 0.1) is 12.2 Å². The molecule has 0 saturated heterocycles. The van der Waals surface area contributed by atoms with Crippen LogP contribution in [0.1, 0.15) is 47.9 Å². The highest BCUT2D eigenvalue weighted by Crippen LogP contribution is 2.16. The van der Waals surface area contributed by atoms with Gasteiger partial charge in [-0.2, -0.15) is 0 Å². The van der Waals surface area contributed by atoms with Gasteiger partial charge in [0.25, 0.3) is 5.91 Å². The van der Waals surface area contributed by atoms with Crippen LogP contribution >= 0.6 is 15.9 Å². The van der Waals surface area contributed by atoms with Crippen molar-refractivity contribution in [2.24, 2.45) is 5.92 Å². The van der Waals surface area contributed by atoms with Gasteiger partial charge < -0.3 is 15.4 Å². The summed E-state index contributed by atoms with van der Waals surface area (Å²) in [5.74, 6) is -1.11. The van der Waals surface area contributed by atoms with Gasteiger partial charge in [-0.1, -0.05) is 42.3 Å². The average molecular weight is 461 g/mol. The number of ether oxygens (including phenoxy) is 1. The summed E-state index contributed by atoms with van der Waals surface area (Å²) in [5.41, 5.74) is 1.42. The Morgan fingerprint density at radius 1 is 1.03 bits per heavy atom. The van der Waals surface area contributed by atoms with Crippen molar-refractivity contribution >= 4 is 39.4 Å². The molecule has 2 atom stereocenters. The molecule has 0 bridgehead atoms. The van der Waals surface area contributed by atoms with E-state index < -0.39 is 12.0 Å². The van der Waals surface area contributed by atoms with Crippen LogP contribution in [0.3, 0.4) is 0 Å². The zero-order chi connectivity index (χ0) is 21.4. The van der Waals surface area contributed by atoms with E-state index >= 15 is 0 Å². The lowest BCUT2D eigenvalue weighted by Gasteiger charge is -2.23. The van der Waals surface area contributed by atoms with Crippen molar-refractivity contribution < 1.29 is 19.1 Å². The van der Waals surface area contributed by atoms with Gasteiger partial charge in [0.2, 0.25) is 5.91 Å². The smallest absolute Gasteiger partial charge is 0.338 e. The first-order valence-corrected chi connectivity index (χ1v) is 10.3. The molecule has 0 aliphatic heterocycles. The zero-order valence-electron chi connectivity index (χ0n) is 16.7. The highest BCUT2D eigenvalue weighted by atomic mass is 79.9. The van der Waals surface area contributed by atoms with Crippen molar-refractivity contribution in [2.45, 2.75) is 33.2 Å². The lowest BCUT2D eigenvalue weighted by Crippen LogP contribution is -2.47. The SMILES string of the molecule is CCOC(=O)c1ccc(NC(=O)[C@@H](NC(=O)c2cccc(Br)c2)[C@@H](C)CC)cc1. The summed E-state index contributed by atoms with van der Waals surface area (Å²) in [7, 11) is 0. The Morgan fingerprint density at radius 2 is 1.72 bits per heavy atom. The van der Waals surface area contributed by atoms with Crippen molar-refractivity contribution in [1.82, 2.24) is 5.32 Å². The van der Waals surface area contributed by atoms with E-state index in [-0.39, 0.29) is 17.7 Å². The molecule has 0 aliphatic rings. The van der Waals surface area contributed by atoms with Crippen molar-refractivity contribution in [2.75, 3.05) is 11.9 Å². The number of nitrogens with one attached hydrogen (secondary N) is 2. The van der Waals surface area contributed by atoms with E-state index in [0.29, 0.717) is 23.4 Å². The first kappa shape index (κ1) is 22.6. The minimum absolute atomic E-state index is 0.0649. The molecule has 0 spiro atoms. The minimum Gasteiger partial charge on any atom is -0.462 e. The number of benzene rings is 2. The highest BCUT2D eigenvalue weighted by Gasteiger charge is 2.26. The van der Waals surface area contributed by atoms with Crippen LogP contribution in [-0.4, -0.2) is 30.4 Å². The van der Waals surface area contributed by atoms with E-state index in [0.717, 1.165) is 10.9 Å². The van der Waals surface area contributed by atoms with Crippen LogP contribution in [0, 0.1) is 5.92 Å². The monoisotopic (exact) mass is 460 g/mol. The van der Waals surface area contributed by atoms with E-state index in [4.69, 9.17) is 4.74 Å². The molecular weight excluding hydrogens is 436 g/mol. The van der Waals surface area contributed by atoms with Gasteiger partial charge in [0.15, 0.2) is 0 Å². The maximum atomic E-state index is 12.8. The molecule has 0 radical (unpaired) electrons. The molecule has 2 aromatic carbocycles. The molecule has 0 fully saturated rings. The van der Waals surface area contributed by atoms with Crippen LogP contribution in [0.15, 0.2) is 53.0 Å². The first-order chi connectivity index (χ1) is 13.8. The fourth-order valence-corrected chi connectivity index (χ4v) is 3.08. The number of esters is 1. The standard InChI is InChI=1S/C22H25BrN2O4/c1-4-14(3)19(25-20(26)16-7-6-8-17(23)13-16)21(27)24-18-11-9-15(10-12-18)22(28)29-5-2/h6-14,19H,4-5H2,1-3H3,(H,24,27)(H,25,26)/t14-,19-/m0/s1. The topological polar surface area (TPSA) is 84.5 Å². The number of rotatable bonds is 8. The number of hydrogen-bond donors (Lipinski definition) is 2. The number of anilines is 1. The molecule has 0 heterocycles. The number of hydrogen-bond acceptors (Lipinski definition) is 4.